The highest BCUT2D eigenvalue weighted by atomic mass is 32.2. The Hall–Kier alpha value is -0.823. The molecule has 121 valence electrons. The molecule has 0 fully saturated rings. The van der Waals surface area contributed by atoms with Crippen LogP contribution in [-0.2, 0) is 14.7 Å². The molecular weight excluding hydrogens is 312 g/mol. The fourth-order valence-corrected chi connectivity index (χ4v) is 5.06. The van der Waals surface area contributed by atoms with Gasteiger partial charge in [-0.3, -0.25) is 0 Å². The number of thioether (sulfide) groups is 1. The fraction of sp³-hybridized carbons (Fsp3) is 0.562. The van der Waals surface area contributed by atoms with Crippen molar-refractivity contribution in [3.05, 3.63) is 30.1 Å². The van der Waals surface area contributed by atoms with Gasteiger partial charge >= 0.3 is 9.28 Å². The molecule has 1 aromatic carbocycles. The third-order valence-corrected chi connectivity index (χ3v) is 6.35. The van der Waals surface area contributed by atoms with E-state index in [0.29, 0.717) is 0 Å². The van der Waals surface area contributed by atoms with Gasteiger partial charge in [0.25, 0.3) is 0 Å². The highest BCUT2D eigenvalue weighted by Gasteiger charge is 2.13. The van der Waals surface area contributed by atoms with Crippen molar-refractivity contribution in [3.63, 3.8) is 0 Å². The normalized spacial score (nSPS) is 11.6. The van der Waals surface area contributed by atoms with Crippen molar-refractivity contribution in [2.24, 2.45) is 0 Å². The van der Waals surface area contributed by atoms with Gasteiger partial charge in [0.05, 0.1) is 16.9 Å². The molecule has 0 aliphatic carbocycles. The van der Waals surface area contributed by atoms with Gasteiger partial charge in [0, 0.05) is 13.2 Å². The van der Waals surface area contributed by atoms with E-state index in [9.17, 15) is 0 Å². The number of fused-ring (bicyclic) bond motifs is 1. The minimum absolute atomic E-state index is 0.752. The predicted molar refractivity (Wildman–Crippen MR) is 95.4 cm³/mol. The van der Waals surface area contributed by atoms with Gasteiger partial charge in [-0.05, 0) is 51.1 Å². The van der Waals surface area contributed by atoms with E-state index in [2.05, 4.69) is 34.7 Å². The average molecular weight is 338 g/mol. The van der Waals surface area contributed by atoms with Crippen LogP contribution in [0, 0.1) is 6.92 Å². The lowest BCUT2D eigenvalue weighted by atomic mass is 10.3. The largest absolute Gasteiger partial charge is 0.394 e. The monoisotopic (exact) mass is 337 g/mol. The van der Waals surface area contributed by atoms with Crippen molar-refractivity contribution in [3.8, 4) is 0 Å². The minimum Gasteiger partial charge on any atom is -0.394 e. The molecule has 4 nitrogen and oxygen atoms in total. The van der Waals surface area contributed by atoms with Gasteiger partial charge in [-0.1, -0.05) is 12.1 Å². The van der Waals surface area contributed by atoms with Crippen molar-refractivity contribution < 1.29 is 8.85 Å². The van der Waals surface area contributed by atoms with Gasteiger partial charge < -0.3 is 13.4 Å². The molecule has 0 aliphatic rings. The molecule has 0 spiro atoms. The quantitative estimate of drug-likeness (QED) is 0.485. The predicted octanol–water partition coefficient (Wildman–Crippen LogP) is 3.99. The summed E-state index contributed by atoms with van der Waals surface area (Å²) in [4.78, 5) is 4.60. The molecule has 1 aromatic heterocycles. The van der Waals surface area contributed by atoms with Crippen LogP contribution in [0.3, 0.4) is 0 Å². The number of hydrogen-bond donors (Lipinski definition) is 0. The number of aromatic nitrogens is 2. The highest BCUT2D eigenvalue weighted by molar-refractivity contribution is 7.98. The van der Waals surface area contributed by atoms with Crippen LogP contribution in [0.4, 0.5) is 0 Å². The van der Waals surface area contributed by atoms with Gasteiger partial charge in [0.2, 0.25) is 0 Å². The van der Waals surface area contributed by atoms with E-state index in [-0.39, 0.29) is 0 Å². The zero-order valence-electron chi connectivity index (χ0n) is 13.7. The van der Waals surface area contributed by atoms with Crippen LogP contribution in [0.5, 0.6) is 0 Å². The van der Waals surface area contributed by atoms with E-state index >= 15 is 0 Å². The SMILES string of the molecule is CCO[Si](CCCSCn1c(C)nc2ccccc21)OCC. The molecule has 0 saturated heterocycles. The number of para-hydroxylation sites is 2. The molecule has 1 heterocycles. The van der Waals surface area contributed by atoms with Crippen LogP contribution in [-0.4, -0.2) is 37.8 Å². The Kier molecular flexibility index (Phi) is 7.45. The van der Waals surface area contributed by atoms with E-state index < -0.39 is 9.28 Å². The Morgan fingerprint density at radius 1 is 1.18 bits per heavy atom. The second-order valence-corrected chi connectivity index (χ2v) is 7.85. The molecule has 0 saturated carbocycles. The summed E-state index contributed by atoms with van der Waals surface area (Å²) in [6.45, 7) is 7.64. The first kappa shape index (κ1) is 17.5. The molecule has 0 bridgehead atoms. The van der Waals surface area contributed by atoms with Gasteiger partial charge in [-0.25, -0.2) is 4.98 Å². The summed E-state index contributed by atoms with van der Waals surface area (Å²) in [6.07, 6.45) is 1.14. The summed E-state index contributed by atoms with van der Waals surface area (Å²) in [5.74, 6) is 3.17. The van der Waals surface area contributed by atoms with E-state index in [0.717, 1.165) is 48.6 Å². The van der Waals surface area contributed by atoms with Gasteiger partial charge in [0.15, 0.2) is 0 Å². The first-order chi connectivity index (χ1) is 10.8. The number of hydrogen-bond acceptors (Lipinski definition) is 4. The standard InChI is InChI=1S/C16H25N2O2SSi/c1-4-19-22(20-5-2)12-8-11-21-13-18-14(3)17-15-9-6-7-10-16(15)18/h6-7,9-10H,4-5,8,11-13H2,1-3H3. The second-order valence-electron chi connectivity index (χ2n) is 4.95. The maximum absolute atomic E-state index is 5.67. The molecule has 0 N–H and O–H groups in total. The second kappa shape index (κ2) is 9.35. The zero-order valence-corrected chi connectivity index (χ0v) is 15.5. The molecule has 2 rings (SSSR count). The Balaban J connectivity index is 1.77. The topological polar surface area (TPSA) is 36.3 Å². The molecular formula is C16H25N2O2SSi. The van der Waals surface area contributed by atoms with E-state index in [1.165, 1.54) is 5.52 Å². The maximum Gasteiger partial charge on any atom is 0.384 e. The van der Waals surface area contributed by atoms with E-state index in [1.807, 2.05) is 31.7 Å². The molecule has 1 radical (unpaired) electrons. The molecule has 6 heteroatoms. The number of rotatable bonds is 10. The number of aryl methyl sites for hydroxylation is 1. The number of benzene rings is 1. The van der Waals surface area contributed by atoms with Gasteiger partial charge in [0.1, 0.15) is 5.82 Å². The van der Waals surface area contributed by atoms with Crippen molar-refractivity contribution in [2.75, 3.05) is 19.0 Å². The molecule has 0 amide bonds. The summed E-state index contributed by atoms with van der Waals surface area (Å²) in [6, 6.07) is 9.38. The maximum atomic E-state index is 5.67. The van der Waals surface area contributed by atoms with E-state index in [1.54, 1.807) is 0 Å². The Morgan fingerprint density at radius 3 is 2.64 bits per heavy atom. The fourth-order valence-electron chi connectivity index (χ4n) is 2.34. The van der Waals surface area contributed by atoms with E-state index in [4.69, 9.17) is 8.85 Å². The third-order valence-electron chi connectivity index (χ3n) is 3.35. The summed E-state index contributed by atoms with van der Waals surface area (Å²) >= 11 is 1.95. The number of nitrogens with zero attached hydrogens (tertiary/aromatic N) is 2. The Bertz CT molecular complexity index is 570. The molecule has 0 unspecified atom stereocenters. The first-order valence-corrected chi connectivity index (χ1v) is 10.5. The van der Waals surface area contributed by atoms with Crippen LogP contribution < -0.4 is 0 Å². The van der Waals surface area contributed by atoms with Crippen molar-refractivity contribution in [2.45, 2.75) is 39.1 Å². The summed E-state index contributed by atoms with van der Waals surface area (Å²) < 4.78 is 13.6. The third kappa shape index (κ3) is 4.84. The van der Waals surface area contributed by atoms with Crippen LogP contribution in [0.15, 0.2) is 24.3 Å². The average Bonchev–Trinajstić information content (AvgIpc) is 2.83. The summed E-state index contributed by atoms with van der Waals surface area (Å²) in [7, 11) is -1.06. The zero-order chi connectivity index (χ0) is 15.8. The van der Waals surface area contributed by atoms with Crippen LogP contribution in [0.2, 0.25) is 6.04 Å². The van der Waals surface area contributed by atoms with Crippen LogP contribution >= 0.6 is 11.8 Å². The van der Waals surface area contributed by atoms with Crippen molar-refractivity contribution in [1.29, 1.82) is 0 Å². The first-order valence-electron chi connectivity index (χ1n) is 7.87. The Labute approximate surface area is 139 Å². The van der Waals surface area contributed by atoms with Crippen LogP contribution in [0.25, 0.3) is 11.0 Å². The molecule has 0 aliphatic heterocycles. The number of imidazole rings is 1. The minimum atomic E-state index is -1.06. The lowest BCUT2D eigenvalue weighted by Crippen LogP contribution is -2.22. The highest BCUT2D eigenvalue weighted by Crippen LogP contribution is 2.19. The smallest absolute Gasteiger partial charge is 0.384 e. The lowest BCUT2D eigenvalue weighted by molar-refractivity contribution is 0.213. The van der Waals surface area contributed by atoms with Crippen molar-refractivity contribution >= 4 is 32.1 Å². The lowest BCUT2D eigenvalue weighted by Gasteiger charge is -2.13. The summed E-state index contributed by atoms with van der Waals surface area (Å²) in [5.41, 5.74) is 2.31. The van der Waals surface area contributed by atoms with Gasteiger partial charge in [-0.15, -0.1) is 11.8 Å². The molecule has 2 aromatic rings. The molecule has 22 heavy (non-hydrogen) atoms. The Morgan fingerprint density at radius 2 is 1.91 bits per heavy atom. The van der Waals surface area contributed by atoms with Crippen LogP contribution in [0.1, 0.15) is 26.1 Å². The molecule has 0 atom stereocenters. The summed E-state index contributed by atoms with van der Waals surface area (Å²) in [5, 5.41) is 0. The van der Waals surface area contributed by atoms with Crippen molar-refractivity contribution in [1.82, 2.24) is 9.55 Å². The van der Waals surface area contributed by atoms with Gasteiger partial charge in [-0.2, -0.15) is 0 Å².